The van der Waals surface area contributed by atoms with Gasteiger partial charge in [-0.25, -0.2) is 4.21 Å². The van der Waals surface area contributed by atoms with Crippen molar-refractivity contribution in [3.63, 3.8) is 0 Å². The second kappa shape index (κ2) is 7.68. The summed E-state index contributed by atoms with van der Waals surface area (Å²) in [5.41, 5.74) is 2.85. The lowest BCUT2D eigenvalue weighted by Gasteiger charge is -2.33. The highest BCUT2D eigenvalue weighted by molar-refractivity contribution is 7.85. The van der Waals surface area contributed by atoms with Crippen LogP contribution in [0.1, 0.15) is 31.4 Å². The molecule has 0 aromatic heterocycles. The van der Waals surface area contributed by atoms with Gasteiger partial charge in [-0.15, -0.1) is 0 Å². The Morgan fingerprint density at radius 1 is 1.12 bits per heavy atom. The summed E-state index contributed by atoms with van der Waals surface area (Å²) in [6, 6.07) is 13.7. The number of hydrogen-bond donors (Lipinski definition) is 1. The summed E-state index contributed by atoms with van der Waals surface area (Å²) in [7, 11) is 2.96. The first-order valence-electron chi connectivity index (χ1n) is 8.78. The van der Waals surface area contributed by atoms with Crippen LogP contribution in [-0.2, 0) is 10.8 Å². The molecular weight excluding hydrogens is 332 g/mol. The second-order valence-corrected chi connectivity index (χ2v) is 8.11. The average Bonchev–Trinajstić information content (AvgIpc) is 2.63. The van der Waals surface area contributed by atoms with E-state index in [0.717, 1.165) is 46.2 Å². The highest BCUT2D eigenvalue weighted by Gasteiger charge is 2.28. The molecule has 5 heteroatoms. The number of hydrogen-bond acceptors (Lipinski definition) is 4. The van der Waals surface area contributed by atoms with Gasteiger partial charge < -0.3 is 14.9 Å². The maximum atomic E-state index is 13.0. The first-order valence-corrected chi connectivity index (χ1v) is 9.93. The molecule has 2 aromatic rings. The van der Waals surface area contributed by atoms with Gasteiger partial charge in [-0.2, -0.15) is 0 Å². The number of fused-ring (bicyclic) bond motifs is 2. The van der Waals surface area contributed by atoms with Crippen LogP contribution in [0.3, 0.4) is 0 Å². The van der Waals surface area contributed by atoms with Crippen LogP contribution in [0.5, 0.6) is 0 Å². The smallest absolute Gasteiger partial charge is 0.0892 e. The topological polar surface area (TPSA) is 43.8 Å². The summed E-state index contributed by atoms with van der Waals surface area (Å²) in [5, 5.41) is 10.2. The minimum absolute atomic E-state index is 0.487. The Bertz CT molecular complexity index is 776. The fourth-order valence-electron chi connectivity index (χ4n) is 3.22. The number of aliphatic hydroxyl groups excluding tert-OH is 1. The van der Waals surface area contributed by atoms with Crippen LogP contribution < -0.4 is 4.90 Å². The molecule has 134 valence electrons. The van der Waals surface area contributed by atoms with Crippen LogP contribution >= 0.6 is 0 Å². The van der Waals surface area contributed by atoms with Crippen LogP contribution in [0.2, 0.25) is 0 Å². The lowest BCUT2D eigenvalue weighted by Crippen LogP contribution is -2.27. The fourth-order valence-corrected chi connectivity index (χ4v) is 4.57. The molecule has 0 amide bonds. The third-order valence-corrected chi connectivity index (χ3v) is 6.08. The number of rotatable bonds is 6. The van der Waals surface area contributed by atoms with Crippen molar-refractivity contribution in [3.8, 4) is 0 Å². The third kappa shape index (κ3) is 3.64. The zero-order valence-electron chi connectivity index (χ0n) is 15.1. The van der Waals surface area contributed by atoms with E-state index in [1.54, 1.807) is 0 Å². The molecule has 1 aliphatic heterocycles. The van der Waals surface area contributed by atoms with E-state index in [0.29, 0.717) is 6.42 Å². The highest BCUT2D eigenvalue weighted by atomic mass is 32.2. The lowest BCUT2D eigenvalue weighted by atomic mass is 10.1. The van der Waals surface area contributed by atoms with E-state index < -0.39 is 16.9 Å². The zero-order valence-corrected chi connectivity index (χ0v) is 15.9. The normalized spacial score (nSPS) is 17.3. The molecule has 0 bridgehead atoms. The molecule has 25 heavy (non-hydrogen) atoms. The van der Waals surface area contributed by atoms with E-state index in [4.69, 9.17) is 0 Å². The Hall–Kier alpha value is -1.69. The Morgan fingerprint density at radius 2 is 1.84 bits per heavy atom. The quantitative estimate of drug-likeness (QED) is 0.855. The van der Waals surface area contributed by atoms with Crippen molar-refractivity contribution in [2.75, 3.05) is 32.1 Å². The van der Waals surface area contributed by atoms with Gasteiger partial charge in [0.15, 0.2) is 0 Å². The van der Waals surface area contributed by atoms with Crippen LogP contribution in [0.25, 0.3) is 0 Å². The molecule has 1 heterocycles. The Balaban J connectivity index is 2.04. The van der Waals surface area contributed by atoms with Gasteiger partial charge in [-0.1, -0.05) is 25.1 Å². The van der Waals surface area contributed by atoms with E-state index in [1.807, 2.05) is 49.4 Å². The number of aliphatic hydroxyl groups is 1. The van der Waals surface area contributed by atoms with E-state index in [9.17, 15) is 9.32 Å². The van der Waals surface area contributed by atoms with Crippen molar-refractivity contribution in [1.29, 1.82) is 0 Å². The third-order valence-electron chi connectivity index (χ3n) is 4.59. The largest absolute Gasteiger partial charge is 0.388 e. The Morgan fingerprint density at radius 3 is 2.56 bits per heavy atom. The monoisotopic (exact) mass is 358 g/mol. The standard InChI is InChI=1S/C20H26N2O2S/c1-4-18(23)15-10-11-20-17(14-15)22(13-7-12-21(2)3)16-8-5-6-9-19(16)25(20)24/h5-6,8-11,14,18,23H,4,7,12-13H2,1-3H3. The van der Waals surface area contributed by atoms with Crippen molar-refractivity contribution in [3.05, 3.63) is 48.0 Å². The molecule has 0 fully saturated rings. The summed E-state index contributed by atoms with van der Waals surface area (Å²) < 4.78 is 13.0. The molecule has 2 aromatic carbocycles. The first kappa shape index (κ1) is 18.1. The molecular formula is C20H26N2O2S. The number of anilines is 2. The summed E-state index contributed by atoms with van der Waals surface area (Å²) in [5.74, 6) is 0. The zero-order chi connectivity index (χ0) is 18.0. The lowest BCUT2D eigenvalue weighted by molar-refractivity contribution is 0.173. The van der Waals surface area contributed by atoms with E-state index in [2.05, 4.69) is 23.9 Å². The molecule has 0 aliphatic carbocycles. The van der Waals surface area contributed by atoms with Crippen LogP contribution in [-0.4, -0.2) is 41.4 Å². The molecule has 3 rings (SSSR count). The maximum absolute atomic E-state index is 13.0. The minimum Gasteiger partial charge on any atom is -0.388 e. The molecule has 0 saturated heterocycles. The molecule has 1 aliphatic rings. The van der Waals surface area contributed by atoms with Crippen molar-refractivity contribution in [2.24, 2.45) is 0 Å². The van der Waals surface area contributed by atoms with Gasteiger partial charge in [-0.05, 0) is 63.3 Å². The van der Waals surface area contributed by atoms with Gasteiger partial charge in [0.05, 0.1) is 38.1 Å². The van der Waals surface area contributed by atoms with Gasteiger partial charge in [-0.3, -0.25) is 0 Å². The first-order chi connectivity index (χ1) is 12.0. The molecule has 1 N–H and O–H groups in total. The molecule has 0 radical (unpaired) electrons. The highest BCUT2D eigenvalue weighted by Crippen LogP contribution is 2.43. The minimum atomic E-state index is -1.18. The van der Waals surface area contributed by atoms with Gasteiger partial charge in [0.25, 0.3) is 0 Å². The second-order valence-electron chi connectivity index (χ2n) is 6.70. The molecule has 2 unspecified atom stereocenters. The summed E-state index contributed by atoms with van der Waals surface area (Å²) in [6.45, 7) is 3.81. The molecule has 2 atom stereocenters. The van der Waals surface area contributed by atoms with Crippen molar-refractivity contribution < 1.29 is 9.32 Å². The van der Waals surface area contributed by atoms with Crippen molar-refractivity contribution >= 4 is 22.2 Å². The fraction of sp³-hybridized carbons (Fsp3) is 0.400. The number of nitrogens with zero attached hydrogens (tertiary/aromatic N) is 2. The molecule has 0 saturated carbocycles. The molecule has 0 spiro atoms. The van der Waals surface area contributed by atoms with Crippen molar-refractivity contribution in [1.82, 2.24) is 4.90 Å². The summed E-state index contributed by atoms with van der Waals surface area (Å²) in [4.78, 5) is 6.12. The van der Waals surface area contributed by atoms with Gasteiger partial charge in [0, 0.05) is 6.54 Å². The van der Waals surface area contributed by atoms with E-state index >= 15 is 0 Å². The summed E-state index contributed by atoms with van der Waals surface area (Å²) in [6.07, 6.45) is 1.19. The van der Waals surface area contributed by atoms with Gasteiger partial charge in [0.2, 0.25) is 0 Å². The maximum Gasteiger partial charge on any atom is 0.0892 e. The van der Waals surface area contributed by atoms with Crippen molar-refractivity contribution in [2.45, 2.75) is 35.7 Å². The van der Waals surface area contributed by atoms with E-state index in [1.165, 1.54) is 0 Å². The van der Waals surface area contributed by atoms with Crippen LogP contribution in [0.15, 0.2) is 52.3 Å². The van der Waals surface area contributed by atoms with Gasteiger partial charge >= 0.3 is 0 Å². The predicted molar refractivity (Wildman–Crippen MR) is 103 cm³/mol. The van der Waals surface area contributed by atoms with Crippen LogP contribution in [0, 0.1) is 0 Å². The SMILES string of the molecule is CCC(O)c1ccc2c(c1)N(CCCN(C)C)c1ccccc1S2=O. The average molecular weight is 359 g/mol. The summed E-state index contributed by atoms with van der Waals surface area (Å²) >= 11 is 0. The number of para-hydroxylation sites is 1. The predicted octanol–water partition coefficient (Wildman–Crippen LogP) is 3.70. The Labute approximate surface area is 152 Å². The van der Waals surface area contributed by atoms with Crippen LogP contribution in [0.4, 0.5) is 11.4 Å². The Kier molecular flexibility index (Phi) is 5.57. The molecule has 4 nitrogen and oxygen atoms in total. The number of benzene rings is 2. The van der Waals surface area contributed by atoms with Gasteiger partial charge in [0.1, 0.15) is 0 Å². The van der Waals surface area contributed by atoms with E-state index in [-0.39, 0.29) is 0 Å².